The van der Waals surface area contributed by atoms with Crippen LogP contribution in [0.3, 0.4) is 0 Å². The van der Waals surface area contributed by atoms with E-state index >= 15 is 0 Å². The molecule has 0 amide bonds. The van der Waals surface area contributed by atoms with Crippen LogP contribution in [0.5, 0.6) is 0 Å². The van der Waals surface area contributed by atoms with E-state index in [-0.39, 0.29) is 5.78 Å². The van der Waals surface area contributed by atoms with Crippen molar-refractivity contribution in [2.75, 3.05) is 31.1 Å². The molecule has 3 rings (SSSR count). The summed E-state index contributed by atoms with van der Waals surface area (Å²) in [7, 11) is 0. The molecule has 6 heteroatoms. The van der Waals surface area contributed by atoms with Crippen molar-refractivity contribution < 1.29 is 4.79 Å². The zero-order chi connectivity index (χ0) is 15.0. The predicted octanol–water partition coefficient (Wildman–Crippen LogP) is 1.46. The van der Waals surface area contributed by atoms with Crippen LogP contribution < -0.4 is 4.90 Å². The number of ketones is 1. The van der Waals surface area contributed by atoms with E-state index in [2.05, 4.69) is 33.7 Å². The Morgan fingerprint density at radius 2 is 1.90 bits per heavy atom. The SMILES string of the molecule is CC(=O)c1cnc2ccc(N3CCN(C(C)C)CC3)nn12. The number of aromatic nitrogens is 3. The maximum absolute atomic E-state index is 11.6. The van der Waals surface area contributed by atoms with Crippen molar-refractivity contribution >= 4 is 17.2 Å². The number of nitrogens with zero attached hydrogens (tertiary/aromatic N) is 5. The molecule has 2 aromatic heterocycles. The van der Waals surface area contributed by atoms with Gasteiger partial charge in [0.1, 0.15) is 11.5 Å². The number of imidazole rings is 1. The molecule has 0 radical (unpaired) electrons. The number of Topliss-reactive ketones (excluding diaryl/α,β-unsaturated/α-hetero) is 1. The molecule has 1 saturated heterocycles. The molecule has 0 spiro atoms. The molecule has 3 heterocycles. The topological polar surface area (TPSA) is 53.7 Å². The van der Waals surface area contributed by atoms with E-state index in [1.165, 1.54) is 0 Å². The molecular formula is C15H21N5O. The Morgan fingerprint density at radius 1 is 1.19 bits per heavy atom. The average molecular weight is 287 g/mol. The fraction of sp³-hybridized carbons (Fsp3) is 0.533. The molecule has 0 aliphatic carbocycles. The molecule has 0 bridgehead atoms. The number of anilines is 1. The third kappa shape index (κ3) is 2.63. The number of piperazine rings is 1. The number of fused-ring (bicyclic) bond motifs is 1. The normalized spacial score (nSPS) is 16.9. The highest BCUT2D eigenvalue weighted by atomic mass is 16.1. The molecule has 0 aromatic carbocycles. The van der Waals surface area contributed by atoms with Crippen molar-refractivity contribution in [1.82, 2.24) is 19.5 Å². The van der Waals surface area contributed by atoms with E-state index < -0.39 is 0 Å². The van der Waals surface area contributed by atoms with E-state index in [4.69, 9.17) is 0 Å². The fourth-order valence-electron chi connectivity index (χ4n) is 2.74. The summed E-state index contributed by atoms with van der Waals surface area (Å²) in [5.41, 5.74) is 1.25. The van der Waals surface area contributed by atoms with Gasteiger partial charge in [-0.3, -0.25) is 9.69 Å². The summed E-state index contributed by atoms with van der Waals surface area (Å²) in [6.07, 6.45) is 1.59. The fourth-order valence-corrected chi connectivity index (χ4v) is 2.74. The molecule has 112 valence electrons. The smallest absolute Gasteiger partial charge is 0.179 e. The van der Waals surface area contributed by atoms with Gasteiger partial charge in [-0.15, -0.1) is 5.10 Å². The van der Waals surface area contributed by atoms with Gasteiger partial charge >= 0.3 is 0 Å². The highest BCUT2D eigenvalue weighted by molar-refractivity contribution is 5.92. The summed E-state index contributed by atoms with van der Waals surface area (Å²) in [6.45, 7) is 10.00. The number of hydrogen-bond acceptors (Lipinski definition) is 5. The first-order valence-electron chi connectivity index (χ1n) is 7.41. The van der Waals surface area contributed by atoms with Gasteiger partial charge in [0.15, 0.2) is 11.4 Å². The first kappa shape index (κ1) is 14.0. The summed E-state index contributed by atoms with van der Waals surface area (Å²) in [4.78, 5) is 20.6. The number of carbonyl (C=O) groups is 1. The second-order valence-electron chi connectivity index (χ2n) is 5.78. The minimum absolute atomic E-state index is 0.0169. The molecule has 0 N–H and O–H groups in total. The molecule has 0 atom stereocenters. The zero-order valence-electron chi connectivity index (χ0n) is 12.8. The van der Waals surface area contributed by atoms with Gasteiger partial charge in [-0.25, -0.2) is 9.50 Å². The van der Waals surface area contributed by atoms with Gasteiger partial charge in [0.25, 0.3) is 0 Å². The van der Waals surface area contributed by atoms with Crippen LogP contribution in [0.15, 0.2) is 18.3 Å². The molecule has 1 fully saturated rings. The summed E-state index contributed by atoms with van der Waals surface area (Å²) in [5.74, 6) is 0.892. The standard InChI is InChI=1S/C15H21N5O/c1-11(2)18-6-8-19(9-7-18)15-5-4-14-16-10-13(12(3)21)20(14)17-15/h4-5,10-11H,6-9H2,1-3H3. The third-order valence-corrected chi connectivity index (χ3v) is 4.08. The molecular weight excluding hydrogens is 266 g/mol. The van der Waals surface area contributed by atoms with Gasteiger partial charge < -0.3 is 4.90 Å². The van der Waals surface area contributed by atoms with Crippen LogP contribution in [0.25, 0.3) is 5.65 Å². The minimum atomic E-state index is -0.0169. The van der Waals surface area contributed by atoms with Gasteiger partial charge in [0.05, 0.1) is 6.20 Å². The van der Waals surface area contributed by atoms with Crippen LogP contribution in [0.1, 0.15) is 31.3 Å². The zero-order valence-corrected chi connectivity index (χ0v) is 12.8. The Balaban J connectivity index is 1.85. The van der Waals surface area contributed by atoms with Gasteiger partial charge in [-0.1, -0.05) is 0 Å². The lowest BCUT2D eigenvalue weighted by Crippen LogP contribution is -2.49. The van der Waals surface area contributed by atoms with Crippen molar-refractivity contribution in [2.24, 2.45) is 0 Å². The average Bonchev–Trinajstić information content (AvgIpc) is 2.90. The van der Waals surface area contributed by atoms with Crippen LogP contribution in [0.2, 0.25) is 0 Å². The predicted molar refractivity (Wildman–Crippen MR) is 81.9 cm³/mol. The Morgan fingerprint density at radius 3 is 2.52 bits per heavy atom. The molecule has 2 aromatic rings. The van der Waals surface area contributed by atoms with Gasteiger partial charge in [-0.2, -0.15) is 0 Å². The van der Waals surface area contributed by atoms with Crippen molar-refractivity contribution in [3.05, 3.63) is 24.0 Å². The Bertz CT molecular complexity index is 655. The minimum Gasteiger partial charge on any atom is -0.353 e. The van der Waals surface area contributed by atoms with Crippen molar-refractivity contribution in [3.8, 4) is 0 Å². The van der Waals surface area contributed by atoms with Crippen LogP contribution in [0.4, 0.5) is 5.82 Å². The first-order valence-corrected chi connectivity index (χ1v) is 7.41. The maximum atomic E-state index is 11.6. The quantitative estimate of drug-likeness (QED) is 0.800. The van der Waals surface area contributed by atoms with Crippen LogP contribution in [-0.4, -0.2) is 57.5 Å². The second-order valence-corrected chi connectivity index (χ2v) is 5.78. The molecule has 0 saturated carbocycles. The van der Waals surface area contributed by atoms with E-state index in [1.807, 2.05) is 12.1 Å². The largest absolute Gasteiger partial charge is 0.353 e. The third-order valence-electron chi connectivity index (χ3n) is 4.08. The van der Waals surface area contributed by atoms with Crippen molar-refractivity contribution in [1.29, 1.82) is 0 Å². The van der Waals surface area contributed by atoms with Gasteiger partial charge in [-0.05, 0) is 26.0 Å². The van der Waals surface area contributed by atoms with Gasteiger partial charge in [0.2, 0.25) is 0 Å². The molecule has 6 nitrogen and oxygen atoms in total. The molecule has 1 aliphatic rings. The van der Waals surface area contributed by atoms with E-state index in [1.54, 1.807) is 17.6 Å². The summed E-state index contributed by atoms with van der Waals surface area (Å²) in [6, 6.07) is 4.49. The Labute approximate surface area is 124 Å². The molecule has 0 unspecified atom stereocenters. The molecule has 21 heavy (non-hydrogen) atoms. The highest BCUT2D eigenvalue weighted by Crippen LogP contribution is 2.16. The van der Waals surface area contributed by atoms with Crippen molar-refractivity contribution in [2.45, 2.75) is 26.8 Å². The first-order chi connectivity index (χ1) is 10.1. The van der Waals surface area contributed by atoms with Crippen LogP contribution >= 0.6 is 0 Å². The lowest BCUT2D eigenvalue weighted by molar-refractivity contribution is 0.101. The van der Waals surface area contributed by atoms with E-state index in [9.17, 15) is 4.79 Å². The van der Waals surface area contributed by atoms with Crippen molar-refractivity contribution in [3.63, 3.8) is 0 Å². The second kappa shape index (κ2) is 5.44. The van der Waals surface area contributed by atoms with Gasteiger partial charge in [0, 0.05) is 39.1 Å². The molecule has 1 aliphatic heterocycles. The Kier molecular flexibility index (Phi) is 3.63. The summed E-state index contributed by atoms with van der Waals surface area (Å²) >= 11 is 0. The summed E-state index contributed by atoms with van der Waals surface area (Å²) < 4.78 is 1.65. The van der Waals surface area contributed by atoms with Crippen LogP contribution in [0, 0.1) is 0 Å². The monoisotopic (exact) mass is 287 g/mol. The van der Waals surface area contributed by atoms with Crippen LogP contribution in [-0.2, 0) is 0 Å². The van der Waals surface area contributed by atoms with E-state index in [0.29, 0.717) is 17.4 Å². The Hall–Kier alpha value is -1.95. The van der Waals surface area contributed by atoms with E-state index in [0.717, 1.165) is 32.0 Å². The number of carbonyl (C=O) groups excluding carboxylic acids is 1. The highest BCUT2D eigenvalue weighted by Gasteiger charge is 2.20. The summed E-state index contributed by atoms with van der Waals surface area (Å²) in [5, 5.41) is 4.59. The maximum Gasteiger partial charge on any atom is 0.179 e. The lowest BCUT2D eigenvalue weighted by Gasteiger charge is -2.37. The lowest BCUT2D eigenvalue weighted by atomic mass is 10.2. The number of hydrogen-bond donors (Lipinski definition) is 0. The number of rotatable bonds is 3.